The van der Waals surface area contributed by atoms with Crippen LogP contribution < -0.4 is 0 Å². The topological polar surface area (TPSA) is 20.2 Å². The molecule has 0 bridgehead atoms. The Morgan fingerprint density at radius 3 is 2.30 bits per heavy atom. The molecule has 0 saturated carbocycles. The predicted octanol–water partition coefficient (Wildman–Crippen LogP) is 0.418. The highest BCUT2D eigenvalue weighted by molar-refractivity contribution is 7.98. The van der Waals surface area contributed by atoms with Gasteiger partial charge in [0.05, 0.1) is 27.2 Å². The zero-order valence-electron chi connectivity index (χ0n) is 7.13. The van der Waals surface area contributed by atoms with Gasteiger partial charge in [-0.15, -0.1) is 0 Å². The van der Waals surface area contributed by atoms with Crippen LogP contribution in [0.15, 0.2) is 0 Å². The van der Waals surface area contributed by atoms with Crippen molar-refractivity contribution in [2.75, 3.05) is 45.8 Å². The van der Waals surface area contributed by atoms with E-state index in [2.05, 4.69) is 20.4 Å². The molecule has 1 N–H and O–H groups in total. The van der Waals surface area contributed by atoms with E-state index < -0.39 is 0 Å². The van der Waals surface area contributed by atoms with E-state index in [-0.39, 0.29) is 0 Å². The van der Waals surface area contributed by atoms with Gasteiger partial charge in [0, 0.05) is 5.75 Å². The fourth-order valence-electron chi connectivity index (χ4n) is 0.721. The maximum atomic E-state index is 8.68. The van der Waals surface area contributed by atoms with Crippen molar-refractivity contribution in [3.63, 3.8) is 0 Å². The van der Waals surface area contributed by atoms with Crippen molar-refractivity contribution in [3.8, 4) is 0 Å². The highest BCUT2D eigenvalue weighted by atomic mass is 32.2. The zero-order valence-corrected chi connectivity index (χ0v) is 7.95. The molecule has 2 nitrogen and oxygen atoms in total. The molecule has 0 aliphatic carbocycles. The number of aliphatic hydroxyl groups is 1. The second kappa shape index (κ2) is 4.99. The predicted molar refractivity (Wildman–Crippen MR) is 47.3 cm³/mol. The number of rotatable bonds is 5. The van der Waals surface area contributed by atoms with Gasteiger partial charge in [0.25, 0.3) is 0 Å². The summed E-state index contributed by atoms with van der Waals surface area (Å²) in [5.41, 5.74) is 0. The highest BCUT2D eigenvalue weighted by Crippen LogP contribution is 1.99. The summed E-state index contributed by atoms with van der Waals surface area (Å²) >= 11 is 1.86. The van der Waals surface area contributed by atoms with E-state index in [1.807, 2.05) is 11.8 Å². The Kier molecular flexibility index (Phi) is 5.13. The van der Waals surface area contributed by atoms with E-state index in [1.54, 1.807) is 0 Å². The summed E-state index contributed by atoms with van der Waals surface area (Å²) in [6.45, 7) is 2.30. The largest absolute Gasteiger partial charge is 0.391 e. The molecule has 0 unspecified atom stereocenters. The lowest BCUT2D eigenvalue weighted by atomic mass is 10.4. The summed E-state index contributed by atoms with van der Waals surface area (Å²) in [5.74, 6) is 1.17. The lowest BCUT2D eigenvalue weighted by molar-refractivity contribution is -0.888. The first kappa shape index (κ1) is 10.3. The van der Waals surface area contributed by atoms with E-state index in [4.69, 9.17) is 5.11 Å². The SMILES string of the molecule is CSCC[N+](C)(C)CCO. The van der Waals surface area contributed by atoms with Crippen LogP contribution >= 0.6 is 11.8 Å². The molecule has 0 aliphatic heterocycles. The first-order chi connectivity index (χ1) is 4.62. The highest BCUT2D eigenvalue weighted by Gasteiger charge is 2.11. The van der Waals surface area contributed by atoms with Crippen molar-refractivity contribution in [1.82, 2.24) is 0 Å². The number of hydrogen-bond donors (Lipinski definition) is 1. The van der Waals surface area contributed by atoms with Gasteiger partial charge >= 0.3 is 0 Å². The van der Waals surface area contributed by atoms with Gasteiger partial charge in [-0.25, -0.2) is 0 Å². The van der Waals surface area contributed by atoms with Gasteiger partial charge in [0.2, 0.25) is 0 Å². The maximum Gasteiger partial charge on any atom is 0.102 e. The molecule has 0 aromatic heterocycles. The number of hydrogen-bond acceptors (Lipinski definition) is 2. The Morgan fingerprint density at radius 2 is 1.90 bits per heavy atom. The fraction of sp³-hybridized carbons (Fsp3) is 1.00. The quantitative estimate of drug-likeness (QED) is 0.594. The van der Waals surface area contributed by atoms with Crippen LogP contribution in [0, 0.1) is 0 Å². The molecule has 0 atom stereocenters. The molecule has 3 heteroatoms. The average molecular weight is 164 g/mol. The Balaban J connectivity index is 3.42. The summed E-state index contributed by atoms with van der Waals surface area (Å²) in [6.07, 6.45) is 2.11. The van der Waals surface area contributed by atoms with Crippen LogP contribution in [0.4, 0.5) is 0 Å². The summed E-state index contributed by atoms with van der Waals surface area (Å²) in [6, 6.07) is 0. The van der Waals surface area contributed by atoms with Crippen LogP contribution in [0.5, 0.6) is 0 Å². The Hall–Kier alpha value is 0.270. The molecule has 0 radical (unpaired) electrons. The zero-order chi connectivity index (χ0) is 8.04. The van der Waals surface area contributed by atoms with Gasteiger partial charge in [-0.1, -0.05) is 0 Å². The van der Waals surface area contributed by atoms with Crippen molar-refractivity contribution in [2.45, 2.75) is 0 Å². The number of thioether (sulfide) groups is 1. The number of nitrogens with zero attached hydrogens (tertiary/aromatic N) is 1. The molecule has 0 fully saturated rings. The molecule has 0 rings (SSSR count). The maximum absolute atomic E-state index is 8.68. The number of aliphatic hydroxyl groups excluding tert-OH is 1. The molecule has 0 spiro atoms. The molecule has 62 valence electrons. The van der Waals surface area contributed by atoms with E-state index in [9.17, 15) is 0 Å². The average Bonchev–Trinajstić information content (AvgIpc) is 1.84. The minimum atomic E-state index is 0.293. The van der Waals surface area contributed by atoms with E-state index in [0.29, 0.717) is 6.61 Å². The minimum absolute atomic E-state index is 0.293. The van der Waals surface area contributed by atoms with Crippen LogP contribution in [0.25, 0.3) is 0 Å². The van der Waals surface area contributed by atoms with Crippen LogP contribution in [0.2, 0.25) is 0 Å². The smallest absolute Gasteiger partial charge is 0.102 e. The summed E-state index contributed by atoms with van der Waals surface area (Å²) in [5, 5.41) is 8.68. The third kappa shape index (κ3) is 5.09. The summed E-state index contributed by atoms with van der Waals surface area (Å²) < 4.78 is 0.928. The second-order valence-corrected chi connectivity index (χ2v) is 4.08. The van der Waals surface area contributed by atoms with Crippen LogP contribution in [0.1, 0.15) is 0 Å². The molecule has 0 heterocycles. The van der Waals surface area contributed by atoms with Gasteiger partial charge in [-0.3, -0.25) is 0 Å². The van der Waals surface area contributed by atoms with E-state index in [0.717, 1.165) is 17.6 Å². The molecule has 10 heavy (non-hydrogen) atoms. The number of likely N-dealkylation sites (N-methyl/N-ethyl adjacent to an activating group) is 1. The number of quaternary nitrogens is 1. The normalized spacial score (nSPS) is 12.0. The lowest BCUT2D eigenvalue weighted by Crippen LogP contribution is -2.43. The van der Waals surface area contributed by atoms with Gasteiger partial charge in [-0.05, 0) is 6.26 Å². The molecule has 0 aliphatic rings. The van der Waals surface area contributed by atoms with Crippen LogP contribution in [0.3, 0.4) is 0 Å². The molecular formula is C7H18NOS+. The Bertz CT molecular complexity index is 85.7. The van der Waals surface area contributed by atoms with Crippen LogP contribution in [-0.2, 0) is 0 Å². The van der Waals surface area contributed by atoms with Crippen molar-refractivity contribution in [1.29, 1.82) is 0 Å². The van der Waals surface area contributed by atoms with Gasteiger partial charge in [-0.2, -0.15) is 11.8 Å². The molecule has 0 aromatic rings. The summed E-state index contributed by atoms with van der Waals surface area (Å²) in [4.78, 5) is 0. The minimum Gasteiger partial charge on any atom is -0.391 e. The van der Waals surface area contributed by atoms with E-state index >= 15 is 0 Å². The summed E-state index contributed by atoms with van der Waals surface area (Å²) in [7, 11) is 4.29. The van der Waals surface area contributed by atoms with Crippen LogP contribution in [-0.4, -0.2) is 55.4 Å². The Labute approximate surface area is 67.8 Å². The van der Waals surface area contributed by atoms with Gasteiger partial charge in [0.1, 0.15) is 6.54 Å². The van der Waals surface area contributed by atoms with Crippen molar-refractivity contribution in [3.05, 3.63) is 0 Å². The van der Waals surface area contributed by atoms with Gasteiger partial charge < -0.3 is 9.59 Å². The standard InChI is InChI=1S/C7H18NOS/c1-8(2,4-6-9)5-7-10-3/h9H,4-7H2,1-3H3/q+1. The second-order valence-electron chi connectivity index (χ2n) is 3.10. The van der Waals surface area contributed by atoms with Gasteiger partial charge in [0.15, 0.2) is 0 Å². The van der Waals surface area contributed by atoms with E-state index in [1.165, 1.54) is 5.75 Å². The fourth-order valence-corrected chi connectivity index (χ4v) is 1.40. The lowest BCUT2D eigenvalue weighted by Gasteiger charge is -2.28. The molecule has 0 amide bonds. The third-order valence-electron chi connectivity index (χ3n) is 1.61. The molecule has 0 aromatic carbocycles. The molecule has 0 saturated heterocycles. The first-order valence-corrected chi connectivity index (χ1v) is 4.93. The van der Waals surface area contributed by atoms with Crippen molar-refractivity contribution >= 4 is 11.8 Å². The Morgan fingerprint density at radius 1 is 1.30 bits per heavy atom. The molecular weight excluding hydrogens is 146 g/mol. The third-order valence-corrected chi connectivity index (χ3v) is 2.20. The van der Waals surface area contributed by atoms with Crippen molar-refractivity contribution < 1.29 is 9.59 Å². The first-order valence-electron chi connectivity index (χ1n) is 3.54. The monoisotopic (exact) mass is 164 g/mol. The van der Waals surface area contributed by atoms with Crippen molar-refractivity contribution in [2.24, 2.45) is 0 Å².